The van der Waals surface area contributed by atoms with Crippen molar-refractivity contribution in [3.05, 3.63) is 58.6 Å². The lowest BCUT2D eigenvalue weighted by Gasteiger charge is -2.28. The van der Waals surface area contributed by atoms with E-state index in [2.05, 4.69) is 21.4 Å². The third-order valence-electron chi connectivity index (χ3n) is 4.38. The first-order valence-corrected chi connectivity index (χ1v) is 8.27. The van der Waals surface area contributed by atoms with Gasteiger partial charge in [0.1, 0.15) is 12.4 Å². The fourth-order valence-corrected chi connectivity index (χ4v) is 3.46. The number of hydrogen-bond donors (Lipinski definition) is 2. The smallest absolute Gasteiger partial charge is 0.212 e. The second-order valence-corrected chi connectivity index (χ2v) is 6.43. The van der Waals surface area contributed by atoms with Gasteiger partial charge in [0.05, 0.1) is 11.0 Å². The maximum absolute atomic E-state index is 6.12. The average molecular weight is 352 g/mol. The predicted octanol–water partition coefficient (Wildman–Crippen LogP) is 3.40. The Morgan fingerprint density at radius 2 is 2.12 bits per heavy atom. The highest BCUT2D eigenvalue weighted by Crippen LogP contribution is 2.37. The number of aromatic nitrogens is 2. The number of fused-ring (bicyclic) bond motifs is 4. The van der Waals surface area contributed by atoms with Gasteiger partial charge in [0.2, 0.25) is 5.95 Å². The van der Waals surface area contributed by atoms with Gasteiger partial charge in [-0.3, -0.25) is 9.88 Å². The van der Waals surface area contributed by atoms with Crippen LogP contribution in [0, 0.1) is 0 Å². The number of nitrogens with two attached hydrogens (primary N) is 1. The molecule has 2 aliphatic rings. The largest absolute Gasteiger partial charge is 0.488 e. The van der Waals surface area contributed by atoms with Crippen molar-refractivity contribution in [2.45, 2.75) is 6.17 Å². The summed E-state index contributed by atoms with van der Waals surface area (Å²) in [7, 11) is 0. The molecule has 0 saturated carbocycles. The highest BCUT2D eigenvalue weighted by molar-refractivity contribution is 6.30. The summed E-state index contributed by atoms with van der Waals surface area (Å²) in [6.07, 6.45) is 1.76. The first-order valence-electron chi connectivity index (χ1n) is 7.89. The number of hydrogen-bond acceptors (Lipinski definition) is 5. The number of nitrogens with one attached hydrogen (secondary N) is 1. The van der Waals surface area contributed by atoms with E-state index in [4.69, 9.17) is 22.1 Å². The molecule has 1 atom stereocenters. The van der Waals surface area contributed by atoms with Crippen LogP contribution in [-0.2, 0) is 0 Å². The lowest BCUT2D eigenvalue weighted by molar-refractivity contribution is 0.330. The zero-order valence-corrected chi connectivity index (χ0v) is 13.9. The van der Waals surface area contributed by atoms with E-state index < -0.39 is 0 Å². The van der Waals surface area contributed by atoms with E-state index in [0.29, 0.717) is 23.5 Å². The Morgan fingerprint density at radius 1 is 1.24 bits per heavy atom. The number of para-hydroxylation sites is 2. The molecule has 0 fully saturated rings. The summed E-state index contributed by atoms with van der Waals surface area (Å²) < 4.78 is 7.93. The van der Waals surface area contributed by atoms with Crippen LogP contribution in [0.25, 0.3) is 17.1 Å². The summed E-state index contributed by atoms with van der Waals surface area (Å²) >= 11 is 6.12. The third kappa shape index (κ3) is 2.26. The fourth-order valence-electron chi connectivity index (χ4n) is 3.28. The molecule has 1 unspecified atom stereocenters. The minimum Gasteiger partial charge on any atom is -0.488 e. The molecule has 1 aromatic heterocycles. The Labute approximate surface area is 148 Å². The van der Waals surface area contributed by atoms with Crippen LogP contribution in [0.5, 0.6) is 5.75 Å². The Morgan fingerprint density at radius 3 is 3.04 bits per heavy atom. The molecule has 0 aliphatic carbocycles. The van der Waals surface area contributed by atoms with Gasteiger partial charge < -0.3 is 10.5 Å². The Balaban J connectivity index is 1.68. The molecule has 0 amide bonds. The number of ether oxygens (including phenoxy) is 1. The summed E-state index contributed by atoms with van der Waals surface area (Å²) in [4.78, 5) is 9.20. The SMILES string of the molecule is NC1=NC(C2=Cc3cc(Cl)ccc3OC2)n2c(nc3ccccc32)N1. The van der Waals surface area contributed by atoms with Gasteiger partial charge in [0.15, 0.2) is 12.1 Å². The van der Waals surface area contributed by atoms with E-state index in [0.717, 1.165) is 27.9 Å². The lowest BCUT2D eigenvalue weighted by atomic mass is 10.1. The van der Waals surface area contributed by atoms with Crippen LogP contribution in [0.1, 0.15) is 11.7 Å². The summed E-state index contributed by atoms with van der Waals surface area (Å²) in [5.74, 6) is 1.83. The molecule has 2 aromatic carbocycles. The van der Waals surface area contributed by atoms with Crippen LogP contribution in [-0.4, -0.2) is 22.1 Å². The van der Waals surface area contributed by atoms with Gasteiger partial charge in [-0.2, -0.15) is 0 Å². The molecule has 3 heterocycles. The van der Waals surface area contributed by atoms with Crippen LogP contribution in [0.2, 0.25) is 5.02 Å². The van der Waals surface area contributed by atoms with Crippen molar-refractivity contribution in [1.82, 2.24) is 9.55 Å². The fraction of sp³-hybridized carbons (Fsp3) is 0.111. The number of guanidine groups is 1. The van der Waals surface area contributed by atoms with Crippen molar-refractivity contribution in [3.63, 3.8) is 0 Å². The van der Waals surface area contributed by atoms with Crippen molar-refractivity contribution in [2.75, 3.05) is 11.9 Å². The zero-order valence-electron chi connectivity index (χ0n) is 13.1. The topological polar surface area (TPSA) is 77.5 Å². The van der Waals surface area contributed by atoms with Gasteiger partial charge in [-0.15, -0.1) is 0 Å². The third-order valence-corrected chi connectivity index (χ3v) is 4.62. The lowest BCUT2D eigenvalue weighted by Crippen LogP contribution is -2.32. The number of halogens is 1. The zero-order chi connectivity index (χ0) is 17.0. The maximum Gasteiger partial charge on any atom is 0.212 e. The summed E-state index contributed by atoms with van der Waals surface area (Å²) in [5.41, 5.74) is 9.79. The van der Waals surface area contributed by atoms with Crippen LogP contribution < -0.4 is 15.8 Å². The van der Waals surface area contributed by atoms with Crippen LogP contribution in [0.15, 0.2) is 53.0 Å². The van der Waals surface area contributed by atoms with Gasteiger partial charge >= 0.3 is 0 Å². The van der Waals surface area contributed by atoms with Gasteiger partial charge in [0, 0.05) is 16.2 Å². The molecule has 124 valence electrons. The number of imidazole rings is 1. The van der Waals surface area contributed by atoms with Crippen molar-refractivity contribution < 1.29 is 4.74 Å². The molecule has 3 N–H and O–H groups in total. The molecule has 7 heteroatoms. The summed E-state index contributed by atoms with van der Waals surface area (Å²) in [6.45, 7) is 0.433. The van der Waals surface area contributed by atoms with E-state index >= 15 is 0 Å². The Hall–Kier alpha value is -2.99. The monoisotopic (exact) mass is 351 g/mol. The molecule has 2 aliphatic heterocycles. The molecular weight excluding hydrogens is 338 g/mol. The number of nitrogens with zero attached hydrogens (tertiary/aromatic N) is 3. The van der Waals surface area contributed by atoms with Gasteiger partial charge in [-0.05, 0) is 36.4 Å². The quantitative estimate of drug-likeness (QED) is 0.704. The normalized spacial score (nSPS) is 18.5. The first-order chi connectivity index (χ1) is 12.2. The minimum absolute atomic E-state index is 0.309. The molecule has 0 radical (unpaired) electrons. The highest BCUT2D eigenvalue weighted by atomic mass is 35.5. The number of rotatable bonds is 1. The molecule has 0 saturated heterocycles. The van der Waals surface area contributed by atoms with Crippen molar-refractivity contribution in [2.24, 2.45) is 10.7 Å². The van der Waals surface area contributed by atoms with Crippen molar-refractivity contribution in [1.29, 1.82) is 0 Å². The molecule has 5 rings (SSSR count). The van der Waals surface area contributed by atoms with Gasteiger partial charge in [-0.1, -0.05) is 23.7 Å². The number of anilines is 1. The standard InChI is InChI=1S/C18H14ClN5O/c19-12-5-6-15-10(8-12)7-11(9-25-15)16-22-17(20)23-18-21-13-3-1-2-4-14(13)24(16)18/h1-8,16H,9H2,(H3,20,21,22,23). The Bertz CT molecular complexity index is 1070. The highest BCUT2D eigenvalue weighted by Gasteiger charge is 2.28. The van der Waals surface area contributed by atoms with E-state index in [1.54, 1.807) is 0 Å². The first kappa shape index (κ1) is 14.4. The van der Waals surface area contributed by atoms with Crippen LogP contribution >= 0.6 is 11.6 Å². The minimum atomic E-state index is -0.309. The van der Waals surface area contributed by atoms with E-state index in [-0.39, 0.29) is 6.17 Å². The van der Waals surface area contributed by atoms with Crippen LogP contribution in [0.4, 0.5) is 5.95 Å². The molecule has 3 aromatic rings. The molecule has 0 bridgehead atoms. The van der Waals surface area contributed by atoms with Crippen molar-refractivity contribution >= 4 is 40.6 Å². The van der Waals surface area contributed by atoms with Crippen molar-refractivity contribution in [3.8, 4) is 5.75 Å². The predicted molar refractivity (Wildman–Crippen MR) is 98.9 cm³/mol. The number of benzene rings is 2. The average Bonchev–Trinajstić information content (AvgIpc) is 2.98. The second-order valence-electron chi connectivity index (χ2n) is 6.00. The van der Waals surface area contributed by atoms with E-state index in [1.165, 1.54) is 0 Å². The maximum atomic E-state index is 6.12. The van der Waals surface area contributed by atoms with Gasteiger partial charge in [0.25, 0.3) is 0 Å². The molecule has 6 nitrogen and oxygen atoms in total. The van der Waals surface area contributed by atoms with Gasteiger partial charge in [-0.25, -0.2) is 9.98 Å². The molecule has 0 spiro atoms. The Kier molecular flexibility index (Phi) is 3.02. The second kappa shape index (κ2) is 5.26. The van der Waals surface area contributed by atoms with E-state index in [9.17, 15) is 0 Å². The number of aliphatic imine (C=N–C) groups is 1. The van der Waals surface area contributed by atoms with E-state index in [1.807, 2.05) is 47.0 Å². The summed E-state index contributed by atoms with van der Waals surface area (Å²) in [5, 5.41) is 3.71. The molecular formula is C18H14ClN5O. The summed E-state index contributed by atoms with van der Waals surface area (Å²) in [6, 6.07) is 13.5. The van der Waals surface area contributed by atoms with Crippen LogP contribution in [0.3, 0.4) is 0 Å². The molecule has 25 heavy (non-hydrogen) atoms.